The van der Waals surface area contributed by atoms with E-state index in [4.69, 9.17) is 16.1 Å². The molecule has 0 aliphatic carbocycles. The number of rotatable bonds is 5. The lowest BCUT2D eigenvalue weighted by molar-refractivity contribution is 0.101. The van der Waals surface area contributed by atoms with Crippen molar-refractivity contribution in [3.8, 4) is 11.3 Å². The molecule has 0 aliphatic rings. The Labute approximate surface area is 149 Å². The van der Waals surface area contributed by atoms with E-state index in [2.05, 4.69) is 17.4 Å². The van der Waals surface area contributed by atoms with E-state index in [9.17, 15) is 4.79 Å². The Balaban J connectivity index is 1.78. The number of para-hydroxylation sites is 1. The van der Waals surface area contributed by atoms with Crippen molar-refractivity contribution in [3.63, 3.8) is 0 Å². The summed E-state index contributed by atoms with van der Waals surface area (Å²) in [6, 6.07) is 16.5. The number of aromatic nitrogens is 1. The van der Waals surface area contributed by atoms with Crippen molar-refractivity contribution in [2.75, 3.05) is 11.1 Å². The lowest BCUT2D eigenvalue weighted by Gasteiger charge is -2.08. The Morgan fingerprint density at radius 2 is 1.96 bits per heavy atom. The molecule has 0 atom stereocenters. The van der Waals surface area contributed by atoms with Gasteiger partial charge in [-0.1, -0.05) is 35.8 Å². The lowest BCUT2D eigenvalue weighted by atomic mass is 10.1. The molecule has 0 bridgehead atoms. The van der Waals surface area contributed by atoms with Crippen LogP contribution >= 0.6 is 23.4 Å². The van der Waals surface area contributed by atoms with Gasteiger partial charge in [-0.3, -0.25) is 4.79 Å². The third-order valence-corrected chi connectivity index (χ3v) is 4.51. The number of carbonyl (C=O) groups excluding carboxylic acids is 1. The monoisotopic (exact) mass is 358 g/mol. The summed E-state index contributed by atoms with van der Waals surface area (Å²) in [4.78, 5) is 13.4. The molecule has 0 fully saturated rings. The number of benzene rings is 2. The summed E-state index contributed by atoms with van der Waals surface area (Å²) in [5.41, 5.74) is 1.81. The molecular weight excluding hydrogens is 344 g/mol. The van der Waals surface area contributed by atoms with Gasteiger partial charge in [0.2, 0.25) is 0 Å². The molecule has 2 aromatic carbocycles. The first kappa shape index (κ1) is 16.6. The van der Waals surface area contributed by atoms with Crippen LogP contribution < -0.4 is 5.32 Å². The van der Waals surface area contributed by atoms with E-state index in [1.807, 2.05) is 36.4 Å². The van der Waals surface area contributed by atoms with Gasteiger partial charge in [-0.25, -0.2) is 0 Å². The van der Waals surface area contributed by atoms with Gasteiger partial charge in [0.1, 0.15) is 0 Å². The second-order valence-electron chi connectivity index (χ2n) is 4.97. The zero-order valence-electron chi connectivity index (χ0n) is 13.0. The number of nitrogens with zero attached hydrogens (tertiary/aromatic N) is 1. The molecule has 0 radical (unpaired) electrons. The minimum absolute atomic E-state index is 0.233. The van der Waals surface area contributed by atoms with Gasteiger partial charge in [0.25, 0.3) is 5.91 Å². The number of hydrogen-bond acceptors (Lipinski definition) is 4. The maximum atomic E-state index is 12.4. The Morgan fingerprint density at radius 3 is 2.71 bits per heavy atom. The van der Waals surface area contributed by atoms with Crippen LogP contribution in [0.1, 0.15) is 17.4 Å². The Morgan fingerprint density at radius 1 is 1.21 bits per heavy atom. The Bertz CT molecular complexity index is 846. The summed E-state index contributed by atoms with van der Waals surface area (Å²) < 4.78 is 5.27. The molecule has 4 nitrogen and oxygen atoms in total. The number of nitrogens with one attached hydrogen (secondary N) is 1. The first-order valence-corrected chi connectivity index (χ1v) is 8.79. The second-order valence-corrected chi connectivity index (χ2v) is 6.71. The Hall–Kier alpha value is -2.24. The molecule has 0 saturated heterocycles. The fourth-order valence-electron chi connectivity index (χ4n) is 2.17. The lowest BCUT2D eigenvalue weighted by Crippen LogP contribution is -2.12. The highest BCUT2D eigenvalue weighted by molar-refractivity contribution is 7.99. The Kier molecular flexibility index (Phi) is 5.23. The summed E-state index contributed by atoms with van der Waals surface area (Å²) in [5.74, 6) is 1.15. The van der Waals surface area contributed by atoms with Crippen LogP contribution in [0.25, 0.3) is 11.3 Å². The first-order valence-electron chi connectivity index (χ1n) is 7.43. The number of carbonyl (C=O) groups is 1. The first-order chi connectivity index (χ1) is 11.7. The predicted molar refractivity (Wildman–Crippen MR) is 97.7 cm³/mol. The average Bonchev–Trinajstić information content (AvgIpc) is 3.08. The number of halogens is 1. The SMILES string of the molecule is CCSc1ccccc1NC(=O)c1cc(-c2ccc(Cl)cc2)on1. The summed E-state index contributed by atoms with van der Waals surface area (Å²) in [5, 5.41) is 7.38. The standard InChI is InChI=1S/C18H15ClN2O2S/c1-2-24-17-6-4-3-5-14(17)20-18(22)15-11-16(23-21-15)12-7-9-13(19)10-8-12/h3-11H,2H2,1H3,(H,20,22). The van der Waals surface area contributed by atoms with Crippen LogP contribution in [0.3, 0.4) is 0 Å². The molecule has 1 amide bonds. The van der Waals surface area contributed by atoms with Gasteiger partial charge in [-0.05, 0) is 42.2 Å². The molecule has 3 rings (SSSR count). The third-order valence-electron chi connectivity index (χ3n) is 3.31. The van der Waals surface area contributed by atoms with Crippen LogP contribution in [0.4, 0.5) is 5.69 Å². The quantitative estimate of drug-likeness (QED) is 0.624. The minimum atomic E-state index is -0.303. The van der Waals surface area contributed by atoms with E-state index in [0.29, 0.717) is 10.8 Å². The molecule has 0 saturated carbocycles. The molecule has 0 aliphatic heterocycles. The summed E-state index contributed by atoms with van der Waals surface area (Å²) in [7, 11) is 0. The molecule has 0 unspecified atom stereocenters. The van der Waals surface area contributed by atoms with E-state index in [1.165, 1.54) is 0 Å². The van der Waals surface area contributed by atoms with Crippen molar-refractivity contribution < 1.29 is 9.32 Å². The summed E-state index contributed by atoms with van der Waals surface area (Å²) in [6.07, 6.45) is 0. The smallest absolute Gasteiger partial charge is 0.277 e. The van der Waals surface area contributed by atoms with Gasteiger partial charge >= 0.3 is 0 Å². The summed E-state index contributed by atoms with van der Waals surface area (Å²) in [6.45, 7) is 2.07. The van der Waals surface area contributed by atoms with Crippen LogP contribution in [0, 0.1) is 0 Å². The highest BCUT2D eigenvalue weighted by Gasteiger charge is 2.15. The maximum Gasteiger partial charge on any atom is 0.277 e. The van der Waals surface area contributed by atoms with Crippen molar-refractivity contribution >= 4 is 35.0 Å². The van der Waals surface area contributed by atoms with Gasteiger partial charge in [0.15, 0.2) is 11.5 Å². The fraction of sp³-hybridized carbons (Fsp3) is 0.111. The minimum Gasteiger partial charge on any atom is -0.355 e. The topological polar surface area (TPSA) is 55.1 Å². The largest absolute Gasteiger partial charge is 0.355 e. The normalized spacial score (nSPS) is 10.6. The average molecular weight is 359 g/mol. The molecule has 3 aromatic rings. The van der Waals surface area contributed by atoms with Crippen LogP contribution in [-0.2, 0) is 0 Å². The van der Waals surface area contributed by atoms with Gasteiger partial charge in [0, 0.05) is 21.5 Å². The molecule has 122 valence electrons. The number of amides is 1. The molecule has 1 N–H and O–H groups in total. The molecule has 0 spiro atoms. The van der Waals surface area contributed by atoms with E-state index < -0.39 is 0 Å². The van der Waals surface area contributed by atoms with E-state index in [0.717, 1.165) is 21.9 Å². The number of thioether (sulfide) groups is 1. The fourth-order valence-corrected chi connectivity index (χ4v) is 3.06. The van der Waals surface area contributed by atoms with Crippen LogP contribution in [0.2, 0.25) is 5.02 Å². The highest BCUT2D eigenvalue weighted by atomic mass is 35.5. The van der Waals surface area contributed by atoms with Crippen LogP contribution in [-0.4, -0.2) is 16.8 Å². The van der Waals surface area contributed by atoms with Crippen molar-refractivity contribution in [1.82, 2.24) is 5.16 Å². The van der Waals surface area contributed by atoms with Crippen LogP contribution in [0.5, 0.6) is 0 Å². The molecule has 24 heavy (non-hydrogen) atoms. The third kappa shape index (κ3) is 3.80. The van der Waals surface area contributed by atoms with Crippen molar-refractivity contribution in [1.29, 1.82) is 0 Å². The van der Waals surface area contributed by atoms with E-state index in [1.54, 1.807) is 30.0 Å². The molecular formula is C18H15ClN2O2S. The highest BCUT2D eigenvalue weighted by Crippen LogP contribution is 2.27. The predicted octanol–water partition coefficient (Wildman–Crippen LogP) is 5.36. The zero-order chi connectivity index (χ0) is 16.9. The van der Waals surface area contributed by atoms with Crippen molar-refractivity contribution in [2.45, 2.75) is 11.8 Å². The maximum absolute atomic E-state index is 12.4. The molecule has 6 heteroatoms. The second kappa shape index (κ2) is 7.55. The van der Waals surface area contributed by atoms with Crippen molar-refractivity contribution in [3.05, 3.63) is 65.3 Å². The summed E-state index contributed by atoms with van der Waals surface area (Å²) >= 11 is 7.54. The van der Waals surface area contributed by atoms with Gasteiger partial charge < -0.3 is 9.84 Å². The van der Waals surface area contributed by atoms with E-state index in [-0.39, 0.29) is 11.6 Å². The number of hydrogen-bond donors (Lipinski definition) is 1. The molecule has 1 aromatic heterocycles. The number of anilines is 1. The van der Waals surface area contributed by atoms with Gasteiger partial charge in [-0.15, -0.1) is 11.8 Å². The van der Waals surface area contributed by atoms with E-state index >= 15 is 0 Å². The van der Waals surface area contributed by atoms with Gasteiger partial charge in [-0.2, -0.15) is 0 Å². The van der Waals surface area contributed by atoms with Gasteiger partial charge in [0.05, 0.1) is 5.69 Å². The zero-order valence-corrected chi connectivity index (χ0v) is 14.5. The van der Waals surface area contributed by atoms with Crippen LogP contribution in [0.15, 0.2) is 64.0 Å². The molecule has 1 heterocycles. The van der Waals surface area contributed by atoms with Crippen molar-refractivity contribution in [2.24, 2.45) is 0 Å².